The maximum atomic E-state index is 10.1. The van der Waals surface area contributed by atoms with Crippen LogP contribution in [0.25, 0.3) is 11.6 Å². The minimum atomic E-state index is -0.00254. The van der Waals surface area contributed by atoms with E-state index in [4.69, 9.17) is 33.4 Å². The van der Waals surface area contributed by atoms with Gasteiger partial charge in [-0.05, 0) is 37.0 Å². The van der Waals surface area contributed by atoms with E-state index >= 15 is 0 Å². The van der Waals surface area contributed by atoms with Gasteiger partial charge in [0, 0.05) is 56.8 Å². The molecule has 204 valence electrons. The van der Waals surface area contributed by atoms with Gasteiger partial charge in [0.25, 0.3) is 5.89 Å². The lowest BCUT2D eigenvalue weighted by molar-refractivity contribution is 0.0356. The number of hydrogen-bond donors (Lipinski definition) is 2. The molecule has 3 N–H and O–H groups in total. The monoisotopic (exact) mass is 560 g/mol. The van der Waals surface area contributed by atoms with Crippen molar-refractivity contribution in [2.45, 2.75) is 51.2 Å². The number of aromatic nitrogens is 4. The first-order chi connectivity index (χ1) is 18.4. The smallest absolute Gasteiger partial charge is 0.270 e. The Morgan fingerprint density at radius 2 is 1.82 bits per heavy atom. The first-order valence-electron chi connectivity index (χ1n) is 13.1. The van der Waals surface area contributed by atoms with E-state index in [1.165, 1.54) is 0 Å². The van der Waals surface area contributed by atoms with Gasteiger partial charge < -0.3 is 20.2 Å². The number of hydrogen-bond acceptors (Lipinski definition) is 10. The van der Waals surface area contributed by atoms with Crippen molar-refractivity contribution in [1.29, 1.82) is 0 Å². The quantitative estimate of drug-likeness (QED) is 0.441. The number of piperazine rings is 1. The highest BCUT2D eigenvalue weighted by molar-refractivity contribution is 6.32. The molecule has 1 aromatic carbocycles. The lowest BCUT2D eigenvalue weighted by Gasteiger charge is -2.48. The molecule has 2 aromatic heterocycles. The predicted octanol–water partition coefficient (Wildman–Crippen LogP) is 3.82. The number of benzene rings is 1. The molecule has 2 atom stereocenters. The van der Waals surface area contributed by atoms with Crippen LogP contribution in [0.15, 0.2) is 28.7 Å². The van der Waals surface area contributed by atoms with Crippen LogP contribution in [0.2, 0.25) is 10.2 Å². The van der Waals surface area contributed by atoms with Crippen LogP contribution >= 0.6 is 23.2 Å². The average Bonchev–Trinajstić information content (AvgIpc) is 3.37. The number of nitrogens with zero attached hydrogens (tertiary/aromatic N) is 7. The Balaban J connectivity index is 1.23. The van der Waals surface area contributed by atoms with Crippen LogP contribution in [-0.2, 0) is 0 Å². The Bertz CT molecular complexity index is 1230. The molecule has 38 heavy (non-hydrogen) atoms. The molecule has 2 saturated heterocycles. The summed E-state index contributed by atoms with van der Waals surface area (Å²) in [5.74, 6) is 1.44. The minimum Gasteiger partial charge on any atom is -0.420 e. The summed E-state index contributed by atoms with van der Waals surface area (Å²) in [5.41, 5.74) is 7.63. The molecule has 2 aliphatic heterocycles. The van der Waals surface area contributed by atoms with E-state index in [0.717, 1.165) is 57.5 Å². The van der Waals surface area contributed by atoms with Gasteiger partial charge in [-0.3, -0.25) is 9.80 Å². The van der Waals surface area contributed by atoms with Crippen molar-refractivity contribution >= 4 is 34.8 Å². The molecule has 0 amide bonds. The Hall–Kier alpha value is -2.50. The van der Waals surface area contributed by atoms with E-state index in [-0.39, 0.29) is 29.5 Å². The number of halogens is 2. The van der Waals surface area contributed by atoms with Gasteiger partial charge >= 0.3 is 0 Å². The number of likely N-dealkylation sites (tertiary alicyclic amines) is 1. The third-order valence-electron chi connectivity index (χ3n) is 7.73. The minimum absolute atomic E-state index is 0.00254. The molecule has 0 saturated carbocycles. The molecule has 2 fully saturated rings. The Morgan fingerprint density at radius 3 is 2.45 bits per heavy atom. The maximum Gasteiger partial charge on any atom is 0.270 e. The lowest BCUT2D eigenvalue weighted by atomic mass is 9.96. The summed E-state index contributed by atoms with van der Waals surface area (Å²) in [6.45, 7) is 8.40. The first kappa shape index (κ1) is 27.1. The van der Waals surface area contributed by atoms with Crippen LogP contribution in [0, 0.1) is 6.92 Å². The van der Waals surface area contributed by atoms with Gasteiger partial charge in [0.1, 0.15) is 0 Å². The van der Waals surface area contributed by atoms with Crippen LogP contribution < -0.4 is 10.6 Å². The normalized spacial score (nSPS) is 20.7. The fourth-order valence-electron chi connectivity index (χ4n) is 5.72. The van der Waals surface area contributed by atoms with E-state index in [0.29, 0.717) is 34.5 Å². The summed E-state index contributed by atoms with van der Waals surface area (Å²) in [4.78, 5) is 16.2. The average molecular weight is 562 g/mol. The summed E-state index contributed by atoms with van der Waals surface area (Å²) in [6.07, 6.45) is 3.14. The van der Waals surface area contributed by atoms with Crippen LogP contribution in [0.5, 0.6) is 0 Å². The third-order valence-corrected chi connectivity index (χ3v) is 8.23. The molecule has 4 heterocycles. The van der Waals surface area contributed by atoms with Gasteiger partial charge in [-0.2, -0.15) is 0 Å². The van der Waals surface area contributed by atoms with Crippen LogP contribution in [0.3, 0.4) is 0 Å². The number of nitrogen functional groups attached to an aromatic ring is 1. The fraction of sp³-hybridized carbons (Fsp3) is 0.538. The number of nitrogens with two attached hydrogens (primary N) is 1. The molecule has 10 nitrogen and oxygen atoms in total. The van der Waals surface area contributed by atoms with E-state index < -0.39 is 0 Å². The standard InChI is InChI=1S/C26H34Cl2N8O2/c1-3-19-14-35(25-23(28)30-22(24(29)31-25)26-33-32-16(2)38-26)12-13-36(19)20-8-10-34(11-9-20)21(15-37)17-4-6-18(27)7-5-17/h4-7,19-21,37H,3,8-15H2,1-2H3,(H2,29,31)/t19-,21+/m0/s1. The van der Waals surface area contributed by atoms with Gasteiger partial charge in [-0.25, -0.2) is 9.97 Å². The van der Waals surface area contributed by atoms with E-state index in [1.54, 1.807) is 6.92 Å². The van der Waals surface area contributed by atoms with Gasteiger partial charge in [-0.15, -0.1) is 10.2 Å². The molecular weight excluding hydrogens is 527 g/mol. The van der Waals surface area contributed by atoms with Crippen molar-refractivity contribution in [3.63, 3.8) is 0 Å². The first-order valence-corrected chi connectivity index (χ1v) is 13.9. The molecule has 0 aliphatic carbocycles. The van der Waals surface area contributed by atoms with E-state index in [2.05, 4.69) is 41.8 Å². The molecule has 0 bridgehead atoms. The summed E-state index contributed by atoms with van der Waals surface area (Å²) in [5, 5.41) is 18.9. The van der Waals surface area contributed by atoms with Gasteiger partial charge in [0.2, 0.25) is 5.89 Å². The fourth-order valence-corrected chi connectivity index (χ4v) is 6.09. The summed E-state index contributed by atoms with van der Waals surface area (Å²) in [7, 11) is 0. The zero-order chi connectivity index (χ0) is 26.8. The van der Waals surface area contributed by atoms with Crippen molar-refractivity contribution in [3.05, 3.63) is 45.9 Å². The van der Waals surface area contributed by atoms with Gasteiger partial charge in [0.15, 0.2) is 22.5 Å². The molecule has 0 radical (unpaired) electrons. The Morgan fingerprint density at radius 1 is 1.08 bits per heavy atom. The summed E-state index contributed by atoms with van der Waals surface area (Å²) >= 11 is 12.6. The number of aryl methyl sites for hydroxylation is 1. The van der Waals surface area contributed by atoms with Crippen LogP contribution in [-0.4, -0.2) is 86.5 Å². The summed E-state index contributed by atoms with van der Waals surface area (Å²) in [6, 6.07) is 8.66. The van der Waals surface area contributed by atoms with Crippen molar-refractivity contribution in [2.75, 3.05) is 50.0 Å². The molecule has 2 aliphatic rings. The molecule has 12 heteroatoms. The zero-order valence-electron chi connectivity index (χ0n) is 21.7. The highest BCUT2D eigenvalue weighted by Crippen LogP contribution is 2.33. The summed E-state index contributed by atoms with van der Waals surface area (Å²) < 4.78 is 5.46. The highest BCUT2D eigenvalue weighted by Gasteiger charge is 2.35. The maximum absolute atomic E-state index is 10.1. The number of aliphatic hydroxyl groups excluding tert-OH is 1. The van der Waals surface area contributed by atoms with E-state index in [1.807, 2.05) is 24.3 Å². The van der Waals surface area contributed by atoms with Crippen LogP contribution in [0.4, 0.5) is 11.6 Å². The van der Waals surface area contributed by atoms with Gasteiger partial charge in [0.05, 0.1) is 12.6 Å². The van der Waals surface area contributed by atoms with Crippen molar-refractivity contribution in [1.82, 2.24) is 30.0 Å². The lowest BCUT2D eigenvalue weighted by Crippen LogP contribution is -2.58. The van der Waals surface area contributed by atoms with Crippen LogP contribution in [0.1, 0.15) is 43.7 Å². The number of aliphatic hydroxyl groups is 1. The van der Waals surface area contributed by atoms with Crippen molar-refractivity contribution in [3.8, 4) is 11.6 Å². The second-order valence-corrected chi connectivity index (χ2v) is 10.8. The predicted molar refractivity (Wildman–Crippen MR) is 148 cm³/mol. The molecule has 0 unspecified atom stereocenters. The topological polar surface area (TPSA) is 121 Å². The molecular formula is C26H34Cl2N8O2. The molecule has 3 aromatic rings. The SMILES string of the molecule is CC[C@H]1CN(c2nc(N)c(-c3nnc(C)o3)nc2Cl)CCN1C1CCN([C@H](CO)c2ccc(Cl)cc2)CC1. The number of rotatable bonds is 7. The molecule has 0 spiro atoms. The Labute approximate surface area is 232 Å². The Kier molecular flexibility index (Phi) is 8.35. The van der Waals surface area contributed by atoms with E-state index in [9.17, 15) is 5.11 Å². The van der Waals surface area contributed by atoms with Crippen molar-refractivity contribution in [2.24, 2.45) is 0 Å². The number of piperidine rings is 1. The van der Waals surface area contributed by atoms with Crippen molar-refractivity contribution < 1.29 is 9.52 Å². The molecule has 5 rings (SSSR count). The second-order valence-electron chi connectivity index (χ2n) is 9.96. The largest absolute Gasteiger partial charge is 0.420 e. The highest BCUT2D eigenvalue weighted by atomic mass is 35.5. The second kappa shape index (κ2) is 11.7. The third kappa shape index (κ3) is 5.60. The number of anilines is 2. The van der Waals surface area contributed by atoms with Gasteiger partial charge in [-0.1, -0.05) is 42.3 Å². The zero-order valence-corrected chi connectivity index (χ0v) is 23.2.